The van der Waals surface area contributed by atoms with E-state index in [1.54, 1.807) is 4.90 Å². The lowest BCUT2D eigenvalue weighted by molar-refractivity contribution is -0.128. The standard InChI is InChI=1S/C16H22N4O2/c21-15-12-20(16(22)11-18-15)14-3-1-13(2-4-14)5-8-19-9-6-17-7-10-19/h1-4,17H,5-12H2,(H,18,21). The molecule has 0 aromatic heterocycles. The lowest BCUT2D eigenvalue weighted by Gasteiger charge is -2.28. The van der Waals surface area contributed by atoms with Crippen LogP contribution in [0, 0.1) is 0 Å². The molecule has 2 fully saturated rings. The summed E-state index contributed by atoms with van der Waals surface area (Å²) in [5.74, 6) is -0.171. The minimum atomic E-state index is -0.109. The van der Waals surface area contributed by atoms with Gasteiger partial charge in [-0.3, -0.25) is 9.59 Å². The van der Waals surface area contributed by atoms with Crippen molar-refractivity contribution in [1.29, 1.82) is 0 Å². The third kappa shape index (κ3) is 3.64. The second kappa shape index (κ2) is 6.89. The van der Waals surface area contributed by atoms with Crippen molar-refractivity contribution < 1.29 is 9.59 Å². The third-order valence-electron chi connectivity index (χ3n) is 4.21. The van der Waals surface area contributed by atoms with Gasteiger partial charge in [0.15, 0.2) is 0 Å². The fraction of sp³-hybridized carbons (Fsp3) is 0.500. The molecule has 0 radical (unpaired) electrons. The molecule has 6 nitrogen and oxygen atoms in total. The van der Waals surface area contributed by atoms with Crippen molar-refractivity contribution >= 4 is 17.5 Å². The lowest BCUT2D eigenvalue weighted by Crippen LogP contribution is -2.51. The lowest BCUT2D eigenvalue weighted by atomic mass is 10.1. The minimum absolute atomic E-state index is 0.0619. The SMILES string of the molecule is O=C1CN(c2ccc(CCN3CCNCC3)cc2)C(=O)CN1. The van der Waals surface area contributed by atoms with E-state index in [-0.39, 0.29) is 24.9 Å². The van der Waals surface area contributed by atoms with Gasteiger partial charge in [-0.25, -0.2) is 0 Å². The van der Waals surface area contributed by atoms with Crippen LogP contribution < -0.4 is 15.5 Å². The zero-order chi connectivity index (χ0) is 15.4. The fourth-order valence-electron chi connectivity index (χ4n) is 2.86. The Hall–Kier alpha value is -1.92. The Morgan fingerprint density at radius 2 is 1.77 bits per heavy atom. The molecule has 2 saturated heterocycles. The van der Waals surface area contributed by atoms with Crippen molar-refractivity contribution in [1.82, 2.24) is 15.5 Å². The number of anilines is 1. The summed E-state index contributed by atoms with van der Waals surface area (Å²) in [6, 6.07) is 7.97. The normalized spacial score (nSPS) is 20.1. The van der Waals surface area contributed by atoms with E-state index in [9.17, 15) is 9.59 Å². The van der Waals surface area contributed by atoms with Gasteiger partial charge in [0.25, 0.3) is 0 Å². The van der Waals surface area contributed by atoms with E-state index >= 15 is 0 Å². The fourth-order valence-corrected chi connectivity index (χ4v) is 2.86. The van der Waals surface area contributed by atoms with E-state index in [1.165, 1.54) is 5.56 Å². The minimum Gasteiger partial charge on any atom is -0.345 e. The summed E-state index contributed by atoms with van der Waals surface area (Å²) in [7, 11) is 0. The first-order chi connectivity index (χ1) is 10.7. The maximum Gasteiger partial charge on any atom is 0.246 e. The molecule has 2 aliphatic rings. The Bertz CT molecular complexity index is 538. The molecule has 118 valence electrons. The molecule has 2 aliphatic heterocycles. The largest absolute Gasteiger partial charge is 0.345 e. The molecule has 3 rings (SSSR count). The molecule has 0 saturated carbocycles. The van der Waals surface area contributed by atoms with Gasteiger partial charge in [0.05, 0.1) is 6.54 Å². The van der Waals surface area contributed by atoms with E-state index in [0.717, 1.165) is 44.8 Å². The monoisotopic (exact) mass is 302 g/mol. The Labute approximate surface area is 130 Å². The maximum absolute atomic E-state index is 11.9. The molecule has 0 bridgehead atoms. The van der Waals surface area contributed by atoms with Crippen molar-refractivity contribution in [2.45, 2.75) is 6.42 Å². The molecule has 0 atom stereocenters. The molecule has 2 N–H and O–H groups in total. The van der Waals surface area contributed by atoms with Gasteiger partial charge >= 0.3 is 0 Å². The first kappa shape index (κ1) is 15.0. The van der Waals surface area contributed by atoms with Crippen molar-refractivity contribution in [2.24, 2.45) is 0 Å². The van der Waals surface area contributed by atoms with Crippen LogP contribution in [0.1, 0.15) is 5.56 Å². The van der Waals surface area contributed by atoms with Gasteiger partial charge in [0, 0.05) is 38.4 Å². The van der Waals surface area contributed by atoms with Crippen LogP contribution in [-0.4, -0.2) is 62.5 Å². The average Bonchev–Trinajstić information content (AvgIpc) is 2.57. The number of nitrogens with zero attached hydrogens (tertiary/aromatic N) is 2. The molecule has 0 aliphatic carbocycles. The van der Waals surface area contributed by atoms with Crippen molar-refractivity contribution in [3.05, 3.63) is 29.8 Å². The van der Waals surface area contributed by atoms with Crippen LogP contribution in [0.15, 0.2) is 24.3 Å². The number of piperazine rings is 2. The zero-order valence-corrected chi connectivity index (χ0v) is 12.7. The third-order valence-corrected chi connectivity index (χ3v) is 4.21. The van der Waals surface area contributed by atoms with Crippen molar-refractivity contribution in [3.63, 3.8) is 0 Å². The number of hydrogen-bond acceptors (Lipinski definition) is 4. The molecule has 0 unspecified atom stereocenters. The van der Waals surface area contributed by atoms with E-state index in [4.69, 9.17) is 0 Å². The first-order valence-corrected chi connectivity index (χ1v) is 7.81. The summed E-state index contributed by atoms with van der Waals surface area (Å²) in [5.41, 5.74) is 2.06. The molecule has 6 heteroatoms. The summed E-state index contributed by atoms with van der Waals surface area (Å²) in [6.07, 6.45) is 1.01. The Kier molecular flexibility index (Phi) is 4.70. The number of nitrogens with one attached hydrogen (secondary N) is 2. The van der Waals surface area contributed by atoms with Gasteiger partial charge in [0.2, 0.25) is 11.8 Å². The molecule has 1 aromatic carbocycles. The molecule has 2 amide bonds. The zero-order valence-electron chi connectivity index (χ0n) is 12.7. The Balaban J connectivity index is 1.57. The van der Waals surface area contributed by atoms with E-state index < -0.39 is 0 Å². The van der Waals surface area contributed by atoms with Gasteiger partial charge in [0.1, 0.15) is 6.54 Å². The van der Waals surface area contributed by atoms with E-state index in [2.05, 4.69) is 27.7 Å². The highest BCUT2D eigenvalue weighted by Gasteiger charge is 2.24. The smallest absolute Gasteiger partial charge is 0.246 e. The Morgan fingerprint density at radius 3 is 2.50 bits per heavy atom. The number of carbonyl (C=O) groups is 2. The highest BCUT2D eigenvalue weighted by atomic mass is 16.2. The van der Waals surface area contributed by atoms with Gasteiger partial charge in [-0.05, 0) is 24.1 Å². The highest BCUT2D eigenvalue weighted by Crippen LogP contribution is 2.17. The maximum atomic E-state index is 11.9. The number of rotatable bonds is 4. The summed E-state index contributed by atoms with van der Waals surface area (Å²) in [5, 5.41) is 5.91. The molecule has 22 heavy (non-hydrogen) atoms. The average molecular weight is 302 g/mol. The molecule has 1 aromatic rings. The topological polar surface area (TPSA) is 64.7 Å². The summed E-state index contributed by atoms with van der Waals surface area (Å²) < 4.78 is 0. The second-order valence-electron chi connectivity index (χ2n) is 5.76. The van der Waals surface area contributed by atoms with Gasteiger partial charge < -0.3 is 20.4 Å². The molecular formula is C16H22N4O2. The number of carbonyl (C=O) groups excluding carboxylic acids is 2. The van der Waals surface area contributed by atoms with Crippen LogP contribution in [0.3, 0.4) is 0 Å². The predicted molar refractivity (Wildman–Crippen MR) is 84.8 cm³/mol. The van der Waals surface area contributed by atoms with Gasteiger partial charge in [-0.1, -0.05) is 12.1 Å². The highest BCUT2D eigenvalue weighted by molar-refractivity contribution is 6.04. The number of amides is 2. The van der Waals surface area contributed by atoms with Crippen LogP contribution in [0.25, 0.3) is 0 Å². The van der Waals surface area contributed by atoms with Crippen molar-refractivity contribution in [2.75, 3.05) is 50.7 Å². The summed E-state index contributed by atoms with van der Waals surface area (Å²) in [6.45, 7) is 5.61. The summed E-state index contributed by atoms with van der Waals surface area (Å²) in [4.78, 5) is 27.3. The molecule has 2 heterocycles. The van der Waals surface area contributed by atoms with Crippen LogP contribution in [0.2, 0.25) is 0 Å². The van der Waals surface area contributed by atoms with Gasteiger partial charge in [-0.2, -0.15) is 0 Å². The van der Waals surface area contributed by atoms with Crippen LogP contribution in [0.5, 0.6) is 0 Å². The number of benzene rings is 1. The summed E-state index contributed by atoms with van der Waals surface area (Å²) >= 11 is 0. The van der Waals surface area contributed by atoms with E-state index in [0.29, 0.717) is 0 Å². The quantitative estimate of drug-likeness (QED) is 0.794. The van der Waals surface area contributed by atoms with Crippen LogP contribution in [0.4, 0.5) is 5.69 Å². The van der Waals surface area contributed by atoms with Crippen LogP contribution in [-0.2, 0) is 16.0 Å². The number of hydrogen-bond donors (Lipinski definition) is 2. The molecular weight excluding hydrogens is 280 g/mol. The van der Waals surface area contributed by atoms with Crippen LogP contribution >= 0.6 is 0 Å². The predicted octanol–water partition coefficient (Wildman–Crippen LogP) is -0.403. The van der Waals surface area contributed by atoms with Gasteiger partial charge in [-0.15, -0.1) is 0 Å². The van der Waals surface area contributed by atoms with Crippen molar-refractivity contribution in [3.8, 4) is 0 Å². The Morgan fingerprint density at radius 1 is 1.05 bits per heavy atom. The van der Waals surface area contributed by atoms with E-state index in [1.807, 2.05) is 12.1 Å². The first-order valence-electron chi connectivity index (χ1n) is 7.81. The molecule has 0 spiro atoms. The second-order valence-corrected chi connectivity index (χ2v) is 5.76.